The van der Waals surface area contributed by atoms with E-state index in [-0.39, 0.29) is 11.9 Å². The number of benzene rings is 3. The number of nitrogens with one attached hydrogen (secondary N) is 2. The molecule has 2 N–H and O–H groups in total. The predicted octanol–water partition coefficient (Wildman–Crippen LogP) is 4.46. The smallest absolute Gasteiger partial charge is 0.252 e. The van der Waals surface area contributed by atoms with Crippen LogP contribution in [0.4, 0.5) is 5.69 Å². The molecule has 4 aromatic rings. The summed E-state index contributed by atoms with van der Waals surface area (Å²) >= 11 is 0. The van der Waals surface area contributed by atoms with Crippen molar-refractivity contribution in [3.05, 3.63) is 95.3 Å². The van der Waals surface area contributed by atoms with Gasteiger partial charge in [-0.2, -0.15) is 0 Å². The highest BCUT2D eigenvalue weighted by Crippen LogP contribution is 2.24. The molecule has 3 aromatic carbocycles. The van der Waals surface area contributed by atoms with Gasteiger partial charge in [-0.3, -0.25) is 4.79 Å². The Morgan fingerprint density at radius 2 is 1.79 bits per heavy atom. The number of fused-ring (bicyclic) bond motifs is 1. The number of amides is 1. The Labute approximate surface area is 170 Å². The molecule has 5 nitrogen and oxygen atoms in total. The number of hydrogen-bond donors (Lipinski definition) is 2. The first-order valence-electron chi connectivity index (χ1n) is 9.61. The molecule has 0 bridgehead atoms. The summed E-state index contributed by atoms with van der Waals surface area (Å²) in [7, 11) is 3.92. The Hall–Kier alpha value is -3.60. The molecule has 0 fully saturated rings. The summed E-state index contributed by atoms with van der Waals surface area (Å²) in [4.78, 5) is 23.2. The number of H-pyrrole nitrogens is 1. The molecule has 1 unspecified atom stereocenters. The molecular formula is C24H24N4O. The summed E-state index contributed by atoms with van der Waals surface area (Å²) in [6.07, 6.45) is 0. The Bertz CT molecular complexity index is 1150. The summed E-state index contributed by atoms with van der Waals surface area (Å²) in [6, 6.07) is 23.2. The minimum absolute atomic E-state index is 0.140. The molecule has 5 heteroatoms. The van der Waals surface area contributed by atoms with Crippen LogP contribution >= 0.6 is 0 Å². The third-order valence-corrected chi connectivity index (χ3v) is 4.96. The summed E-state index contributed by atoms with van der Waals surface area (Å²) in [5, 5.41) is 3.16. The number of carbonyl (C=O) groups excluding carboxylic acids is 1. The number of imidazole rings is 1. The van der Waals surface area contributed by atoms with Crippen LogP contribution in [0.1, 0.15) is 33.4 Å². The molecule has 1 aromatic heterocycles. The monoisotopic (exact) mass is 384 g/mol. The van der Waals surface area contributed by atoms with Gasteiger partial charge < -0.3 is 15.2 Å². The topological polar surface area (TPSA) is 61.0 Å². The van der Waals surface area contributed by atoms with E-state index in [2.05, 4.69) is 16.4 Å². The first kappa shape index (κ1) is 18.7. The van der Waals surface area contributed by atoms with Crippen molar-refractivity contribution >= 4 is 22.6 Å². The lowest BCUT2D eigenvalue weighted by Crippen LogP contribution is -2.30. The minimum Gasteiger partial charge on any atom is -0.378 e. The van der Waals surface area contributed by atoms with Crippen molar-refractivity contribution < 1.29 is 4.79 Å². The summed E-state index contributed by atoms with van der Waals surface area (Å²) < 4.78 is 0. The highest BCUT2D eigenvalue weighted by atomic mass is 16.1. The highest BCUT2D eigenvalue weighted by Gasteiger charge is 2.21. The average Bonchev–Trinajstić information content (AvgIpc) is 3.15. The van der Waals surface area contributed by atoms with Crippen LogP contribution in [0.25, 0.3) is 11.0 Å². The van der Waals surface area contributed by atoms with E-state index in [1.807, 2.05) is 92.6 Å². The van der Waals surface area contributed by atoms with Gasteiger partial charge >= 0.3 is 0 Å². The van der Waals surface area contributed by atoms with Crippen LogP contribution in [0.15, 0.2) is 72.8 Å². The molecule has 146 valence electrons. The molecule has 1 amide bonds. The quantitative estimate of drug-likeness (QED) is 0.534. The van der Waals surface area contributed by atoms with Gasteiger partial charge in [-0.15, -0.1) is 0 Å². The number of aromatic nitrogens is 2. The zero-order valence-electron chi connectivity index (χ0n) is 16.8. The number of hydrogen-bond acceptors (Lipinski definition) is 3. The molecule has 0 radical (unpaired) electrons. The maximum atomic E-state index is 13.1. The normalized spacial score (nSPS) is 12.0. The van der Waals surface area contributed by atoms with Gasteiger partial charge in [-0.1, -0.05) is 42.5 Å². The zero-order chi connectivity index (χ0) is 20.4. The number of nitrogens with zero attached hydrogens (tertiary/aromatic N) is 2. The third kappa shape index (κ3) is 3.99. The van der Waals surface area contributed by atoms with Crippen molar-refractivity contribution in [1.29, 1.82) is 0 Å². The average molecular weight is 384 g/mol. The van der Waals surface area contributed by atoms with E-state index in [9.17, 15) is 4.79 Å². The summed E-state index contributed by atoms with van der Waals surface area (Å²) in [5.41, 5.74) is 5.58. The van der Waals surface area contributed by atoms with Crippen molar-refractivity contribution in [2.24, 2.45) is 0 Å². The second kappa shape index (κ2) is 7.80. The third-order valence-electron chi connectivity index (χ3n) is 4.96. The standard InChI is InChI=1S/C24H24N4O/c1-16-12-13-20-21(14-16)26-23(25-20)22(17-8-5-4-6-9-17)27-24(29)18-10-7-11-19(15-18)28(2)3/h4-15,22H,1-3H3,(H,25,26)(H,27,29). The number of aryl methyl sites for hydroxylation is 1. The van der Waals surface area contributed by atoms with Gasteiger partial charge in [0.15, 0.2) is 0 Å². The maximum Gasteiger partial charge on any atom is 0.252 e. The Morgan fingerprint density at radius 3 is 2.55 bits per heavy atom. The van der Waals surface area contributed by atoms with Crippen molar-refractivity contribution in [3.63, 3.8) is 0 Å². The van der Waals surface area contributed by atoms with E-state index in [0.717, 1.165) is 27.8 Å². The van der Waals surface area contributed by atoms with Crippen LogP contribution in [-0.4, -0.2) is 30.0 Å². The van der Waals surface area contributed by atoms with Crippen molar-refractivity contribution in [1.82, 2.24) is 15.3 Å². The fourth-order valence-corrected chi connectivity index (χ4v) is 3.37. The molecule has 4 rings (SSSR count). The van der Waals surface area contributed by atoms with Crippen LogP contribution in [0.3, 0.4) is 0 Å². The van der Waals surface area contributed by atoms with E-state index in [4.69, 9.17) is 4.98 Å². The van der Waals surface area contributed by atoms with Crippen molar-refractivity contribution in [3.8, 4) is 0 Å². The fourth-order valence-electron chi connectivity index (χ4n) is 3.37. The van der Waals surface area contributed by atoms with Gasteiger partial charge in [0.1, 0.15) is 11.9 Å². The first-order valence-corrected chi connectivity index (χ1v) is 9.61. The Kier molecular flexibility index (Phi) is 5.04. The molecule has 1 heterocycles. The van der Waals surface area contributed by atoms with Crippen LogP contribution < -0.4 is 10.2 Å². The van der Waals surface area contributed by atoms with Crippen LogP contribution in [-0.2, 0) is 0 Å². The molecule has 0 aliphatic carbocycles. The molecule has 0 saturated carbocycles. The second-order valence-corrected chi connectivity index (χ2v) is 7.40. The van der Waals surface area contributed by atoms with E-state index >= 15 is 0 Å². The Balaban J connectivity index is 1.71. The highest BCUT2D eigenvalue weighted by molar-refractivity contribution is 5.95. The van der Waals surface area contributed by atoms with Gasteiger partial charge in [-0.05, 0) is 48.4 Å². The molecule has 0 aliphatic heterocycles. The van der Waals surface area contributed by atoms with Crippen molar-refractivity contribution in [2.75, 3.05) is 19.0 Å². The summed E-state index contributed by atoms with van der Waals surface area (Å²) in [6.45, 7) is 2.05. The molecule has 0 saturated heterocycles. The lowest BCUT2D eigenvalue weighted by molar-refractivity contribution is 0.0941. The minimum atomic E-state index is -0.376. The van der Waals surface area contributed by atoms with Gasteiger partial charge in [-0.25, -0.2) is 4.98 Å². The second-order valence-electron chi connectivity index (χ2n) is 7.40. The van der Waals surface area contributed by atoms with E-state index in [1.165, 1.54) is 0 Å². The predicted molar refractivity (Wildman–Crippen MR) is 117 cm³/mol. The maximum absolute atomic E-state index is 13.1. The van der Waals surface area contributed by atoms with Crippen LogP contribution in [0.5, 0.6) is 0 Å². The van der Waals surface area contributed by atoms with E-state index in [0.29, 0.717) is 11.4 Å². The number of carbonyl (C=O) groups is 1. The molecule has 29 heavy (non-hydrogen) atoms. The molecular weight excluding hydrogens is 360 g/mol. The lowest BCUT2D eigenvalue weighted by atomic mass is 10.1. The SMILES string of the molecule is Cc1ccc2nc(C(NC(=O)c3cccc(N(C)C)c3)c3ccccc3)[nH]c2c1. The fraction of sp³-hybridized carbons (Fsp3) is 0.167. The summed E-state index contributed by atoms with van der Waals surface area (Å²) in [5.74, 6) is 0.577. The van der Waals surface area contributed by atoms with Crippen LogP contribution in [0.2, 0.25) is 0 Å². The van der Waals surface area contributed by atoms with E-state index in [1.54, 1.807) is 0 Å². The van der Waals surface area contributed by atoms with Crippen LogP contribution in [0, 0.1) is 6.92 Å². The van der Waals surface area contributed by atoms with Gasteiger partial charge in [0, 0.05) is 25.3 Å². The van der Waals surface area contributed by atoms with Gasteiger partial charge in [0.2, 0.25) is 0 Å². The van der Waals surface area contributed by atoms with Crippen molar-refractivity contribution in [2.45, 2.75) is 13.0 Å². The number of anilines is 1. The van der Waals surface area contributed by atoms with Gasteiger partial charge in [0.05, 0.1) is 11.0 Å². The largest absolute Gasteiger partial charge is 0.378 e. The zero-order valence-corrected chi connectivity index (χ0v) is 16.8. The van der Waals surface area contributed by atoms with E-state index < -0.39 is 0 Å². The molecule has 0 spiro atoms. The lowest BCUT2D eigenvalue weighted by Gasteiger charge is -2.18. The molecule has 0 aliphatic rings. The number of aromatic amines is 1. The molecule has 1 atom stereocenters. The Morgan fingerprint density at radius 1 is 1.00 bits per heavy atom. The van der Waals surface area contributed by atoms with Gasteiger partial charge in [0.25, 0.3) is 5.91 Å². The number of rotatable bonds is 5. The first-order chi connectivity index (χ1) is 14.0.